The molecule has 2 aromatic rings. The number of carbonyl (C=O) groups is 1. The lowest BCUT2D eigenvalue weighted by Crippen LogP contribution is -2.16. The number of rotatable bonds is 3. The summed E-state index contributed by atoms with van der Waals surface area (Å²) < 4.78 is 13.2. The molecule has 0 bridgehead atoms. The molecule has 0 aliphatic carbocycles. The van der Waals surface area contributed by atoms with Crippen LogP contribution in [0.4, 0.5) is 10.1 Å². The first kappa shape index (κ1) is 14.4. The van der Waals surface area contributed by atoms with Crippen molar-refractivity contribution in [3.63, 3.8) is 0 Å². The molecule has 7 heteroatoms. The van der Waals surface area contributed by atoms with Crippen molar-refractivity contribution in [1.29, 1.82) is 0 Å². The second kappa shape index (κ2) is 6.00. The Kier molecular flexibility index (Phi) is 4.13. The molecular weight excluding hydrogens is 275 g/mol. The number of anilines is 1. The number of nitrogens with one attached hydrogen (secondary N) is 1. The third kappa shape index (κ3) is 3.53. The summed E-state index contributed by atoms with van der Waals surface area (Å²) in [5, 5.41) is 13.9. The predicted octanol–water partition coefficient (Wildman–Crippen LogP) is 1.88. The van der Waals surface area contributed by atoms with E-state index in [-0.39, 0.29) is 11.5 Å². The molecule has 4 N–H and O–H groups in total. The topological polar surface area (TPSA) is 101 Å². The van der Waals surface area contributed by atoms with Crippen LogP contribution >= 0.6 is 0 Å². The first-order chi connectivity index (χ1) is 9.99. The highest BCUT2D eigenvalue weighted by Gasteiger charge is 2.09. The molecule has 0 atom stereocenters. The Morgan fingerprint density at radius 1 is 1.38 bits per heavy atom. The highest BCUT2D eigenvalue weighted by atomic mass is 19.1. The maximum absolute atomic E-state index is 13.2. The van der Waals surface area contributed by atoms with Crippen molar-refractivity contribution in [2.75, 3.05) is 5.32 Å². The molecule has 2 rings (SSSR count). The summed E-state index contributed by atoms with van der Waals surface area (Å²) in [7, 11) is 0. The maximum atomic E-state index is 13.2. The average molecular weight is 288 g/mol. The summed E-state index contributed by atoms with van der Waals surface area (Å²) in [5.74, 6) is -1.01. The molecule has 0 spiro atoms. The number of nitrogens with two attached hydrogens (primary N) is 1. The number of amidine groups is 1. The molecule has 0 aliphatic heterocycles. The van der Waals surface area contributed by atoms with Gasteiger partial charge in [0, 0.05) is 17.4 Å². The van der Waals surface area contributed by atoms with Crippen LogP contribution in [0.2, 0.25) is 0 Å². The number of hydrogen-bond donors (Lipinski definition) is 3. The Balaban J connectivity index is 2.16. The van der Waals surface area contributed by atoms with E-state index < -0.39 is 11.7 Å². The van der Waals surface area contributed by atoms with Gasteiger partial charge in [-0.3, -0.25) is 9.78 Å². The fourth-order valence-corrected chi connectivity index (χ4v) is 1.74. The van der Waals surface area contributed by atoms with Gasteiger partial charge in [0.1, 0.15) is 11.5 Å². The number of aryl methyl sites for hydroxylation is 1. The lowest BCUT2D eigenvalue weighted by atomic mass is 10.2. The van der Waals surface area contributed by atoms with Gasteiger partial charge in [-0.15, -0.1) is 0 Å². The molecule has 1 amide bonds. The normalized spacial score (nSPS) is 11.2. The first-order valence-electron chi connectivity index (χ1n) is 6.02. The number of amides is 1. The van der Waals surface area contributed by atoms with Gasteiger partial charge < -0.3 is 16.3 Å². The quantitative estimate of drug-likeness (QED) is 0.347. The smallest absolute Gasteiger partial charge is 0.274 e. The van der Waals surface area contributed by atoms with Gasteiger partial charge in [0.25, 0.3) is 5.91 Å². The Morgan fingerprint density at radius 2 is 2.14 bits per heavy atom. The summed E-state index contributed by atoms with van der Waals surface area (Å²) in [6.45, 7) is 1.72. The maximum Gasteiger partial charge on any atom is 0.274 e. The van der Waals surface area contributed by atoms with Gasteiger partial charge in [-0.05, 0) is 42.8 Å². The molecule has 0 saturated carbocycles. The van der Waals surface area contributed by atoms with E-state index in [1.54, 1.807) is 13.0 Å². The van der Waals surface area contributed by atoms with Crippen molar-refractivity contribution in [2.24, 2.45) is 10.9 Å². The van der Waals surface area contributed by atoms with Gasteiger partial charge in [0.05, 0.1) is 0 Å². The van der Waals surface area contributed by atoms with Crippen LogP contribution in [0.5, 0.6) is 0 Å². The molecule has 0 radical (unpaired) electrons. The molecule has 108 valence electrons. The number of nitrogens with zero attached hydrogens (tertiary/aromatic N) is 2. The van der Waals surface area contributed by atoms with Crippen LogP contribution in [0.15, 0.2) is 41.7 Å². The number of hydrogen-bond acceptors (Lipinski definition) is 4. The number of benzene rings is 1. The van der Waals surface area contributed by atoms with E-state index in [0.717, 1.165) is 0 Å². The largest absolute Gasteiger partial charge is 0.409 e. The van der Waals surface area contributed by atoms with Gasteiger partial charge in [0.15, 0.2) is 5.84 Å². The second-order valence-corrected chi connectivity index (χ2v) is 4.39. The molecular formula is C14H13FN4O2. The number of oxime groups is 1. The summed E-state index contributed by atoms with van der Waals surface area (Å²) in [5.41, 5.74) is 6.95. The average Bonchev–Trinajstić information content (AvgIpc) is 2.45. The summed E-state index contributed by atoms with van der Waals surface area (Å²) in [4.78, 5) is 15.9. The zero-order valence-electron chi connectivity index (χ0n) is 11.2. The van der Waals surface area contributed by atoms with E-state index in [0.29, 0.717) is 16.8 Å². The van der Waals surface area contributed by atoms with E-state index in [4.69, 9.17) is 10.9 Å². The van der Waals surface area contributed by atoms with Crippen molar-refractivity contribution in [2.45, 2.75) is 6.92 Å². The van der Waals surface area contributed by atoms with Crippen molar-refractivity contribution < 1.29 is 14.4 Å². The number of aromatic nitrogens is 1. The minimum Gasteiger partial charge on any atom is -0.409 e. The van der Waals surface area contributed by atoms with Crippen LogP contribution in [0.3, 0.4) is 0 Å². The zero-order chi connectivity index (χ0) is 15.4. The molecule has 1 aromatic carbocycles. The number of halogens is 1. The Bertz CT molecular complexity index is 678. The van der Waals surface area contributed by atoms with E-state index in [1.807, 2.05) is 0 Å². The summed E-state index contributed by atoms with van der Waals surface area (Å²) in [6.07, 6.45) is 1.31. The van der Waals surface area contributed by atoms with Crippen molar-refractivity contribution in [3.05, 3.63) is 59.2 Å². The molecule has 0 fully saturated rings. The van der Waals surface area contributed by atoms with E-state index in [9.17, 15) is 9.18 Å². The van der Waals surface area contributed by atoms with Crippen LogP contribution in [0.25, 0.3) is 0 Å². The Hall–Kier alpha value is -2.96. The lowest BCUT2D eigenvalue weighted by Gasteiger charge is -2.06. The highest BCUT2D eigenvalue weighted by molar-refractivity contribution is 6.03. The standard InChI is InChI=1S/C14H13FN4O2/c1-8-4-10(15)6-11(5-8)18-14(20)12-3-2-9(7-17-12)13(16)19-21/h2-7,21H,1H3,(H2,16,19)(H,18,20). The number of carbonyl (C=O) groups excluding carboxylic acids is 1. The third-order valence-corrected chi connectivity index (χ3v) is 2.70. The van der Waals surface area contributed by atoms with Gasteiger partial charge in [-0.2, -0.15) is 0 Å². The van der Waals surface area contributed by atoms with Crippen LogP contribution in [0.1, 0.15) is 21.6 Å². The molecule has 1 aromatic heterocycles. The van der Waals surface area contributed by atoms with Crippen LogP contribution in [-0.4, -0.2) is 21.9 Å². The molecule has 6 nitrogen and oxygen atoms in total. The van der Waals surface area contributed by atoms with Crippen LogP contribution in [0, 0.1) is 12.7 Å². The highest BCUT2D eigenvalue weighted by Crippen LogP contribution is 2.14. The Morgan fingerprint density at radius 3 is 2.71 bits per heavy atom. The SMILES string of the molecule is Cc1cc(F)cc(NC(=O)c2ccc(C(N)=NO)cn2)c1. The summed E-state index contributed by atoms with van der Waals surface area (Å²) in [6, 6.07) is 7.14. The van der Waals surface area contributed by atoms with E-state index in [1.165, 1.54) is 30.5 Å². The predicted molar refractivity (Wildman–Crippen MR) is 75.8 cm³/mol. The fraction of sp³-hybridized carbons (Fsp3) is 0.0714. The monoisotopic (exact) mass is 288 g/mol. The van der Waals surface area contributed by atoms with Gasteiger partial charge in [-0.25, -0.2) is 4.39 Å². The zero-order valence-corrected chi connectivity index (χ0v) is 11.2. The third-order valence-electron chi connectivity index (χ3n) is 2.70. The minimum absolute atomic E-state index is 0.102. The summed E-state index contributed by atoms with van der Waals surface area (Å²) >= 11 is 0. The van der Waals surface area contributed by atoms with E-state index in [2.05, 4.69) is 15.5 Å². The molecule has 0 saturated heterocycles. The van der Waals surface area contributed by atoms with Crippen LogP contribution in [-0.2, 0) is 0 Å². The van der Waals surface area contributed by atoms with Gasteiger partial charge in [0.2, 0.25) is 0 Å². The second-order valence-electron chi connectivity index (χ2n) is 4.39. The van der Waals surface area contributed by atoms with Crippen molar-refractivity contribution in [1.82, 2.24) is 4.98 Å². The molecule has 0 aliphatic rings. The lowest BCUT2D eigenvalue weighted by molar-refractivity contribution is 0.102. The fourth-order valence-electron chi connectivity index (χ4n) is 1.74. The molecule has 21 heavy (non-hydrogen) atoms. The minimum atomic E-state index is -0.481. The van der Waals surface area contributed by atoms with Crippen molar-refractivity contribution >= 4 is 17.4 Å². The van der Waals surface area contributed by atoms with Gasteiger partial charge in [-0.1, -0.05) is 5.16 Å². The van der Waals surface area contributed by atoms with Gasteiger partial charge >= 0.3 is 0 Å². The molecule has 1 heterocycles. The van der Waals surface area contributed by atoms with Crippen LogP contribution < -0.4 is 11.1 Å². The Labute approximate surface area is 120 Å². The van der Waals surface area contributed by atoms with E-state index >= 15 is 0 Å². The number of pyridine rings is 1. The molecule has 0 unspecified atom stereocenters. The van der Waals surface area contributed by atoms with Crippen molar-refractivity contribution in [3.8, 4) is 0 Å². The first-order valence-corrected chi connectivity index (χ1v) is 6.02.